The van der Waals surface area contributed by atoms with E-state index in [-0.39, 0.29) is 42.0 Å². The molecule has 0 unspecified atom stereocenters. The van der Waals surface area contributed by atoms with Crippen LogP contribution in [0, 0.1) is 0 Å². The van der Waals surface area contributed by atoms with E-state index in [2.05, 4.69) is 4.90 Å². The molecular weight excluding hydrogens is 484 g/mol. The summed E-state index contributed by atoms with van der Waals surface area (Å²) in [6.07, 6.45) is -0.354. The van der Waals surface area contributed by atoms with Crippen LogP contribution in [0.4, 0.5) is 10.5 Å². The Morgan fingerprint density at radius 2 is 1.83 bits per heavy atom. The molecule has 3 heterocycles. The van der Waals surface area contributed by atoms with Crippen LogP contribution in [0.15, 0.2) is 18.2 Å². The van der Waals surface area contributed by atoms with Crippen molar-refractivity contribution in [1.29, 1.82) is 0 Å². The van der Waals surface area contributed by atoms with Gasteiger partial charge in [-0.15, -0.1) is 0 Å². The maximum absolute atomic E-state index is 13.7. The Balaban J connectivity index is 1.50. The maximum Gasteiger partial charge on any atom is 0.410 e. The Morgan fingerprint density at radius 1 is 1.14 bits per heavy atom. The molecule has 1 aromatic carbocycles. The van der Waals surface area contributed by atoms with Crippen LogP contribution in [0.1, 0.15) is 40.2 Å². The minimum absolute atomic E-state index is 0.0318. The van der Waals surface area contributed by atoms with Crippen molar-refractivity contribution in [1.82, 2.24) is 14.7 Å². The third-order valence-corrected chi connectivity index (χ3v) is 7.53. The van der Waals surface area contributed by atoms with Crippen LogP contribution in [0.2, 0.25) is 5.02 Å². The first kappa shape index (κ1) is 26.7. The standard InChI is InChI=1S/C26H37ClN4O5/c1-17-10-28(20(13-35-6)11-30(17)24(34)36-25(3,4)5)12-23(33)31-16-26(14-29(15-26)18(2)32)21-8-7-19(27)9-22(21)31/h7-9,17,20H,10-16H2,1-6H3/t17-,20-/m1/s1. The summed E-state index contributed by atoms with van der Waals surface area (Å²) in [7, 11) is 1.62. The molecule has 2 saturated heterocycles. The highest BCUT2D eigenvalue weighted by molar-refractivity contribution is 6.31. The Morgan fingerprint density at radius 3 is 2.44 bits per heavy atom. The summed E-state index contributed by atoms with van der Waals surface area (Å²) in [6.45, 7) is 12.3. The number of amides is 3. The Kier molecular flexibility index (Phi) is 7.29. The van der Waals surface area contributed by atoms with Crippen molar-refractivity contribution < 1.29 is 23.9 Å². The lowest BCUT2D eigenvalue weighted by Crippen LogP contribution is -2.64. The van der Waals surface area contributed by atoms with Crippen LogP contribution in [0.25, 0.3) is 0 Å². The number of anilines is 1. The number of hydrogen-bond acceptors (Lipinski definition) is 6. The molecule has 0 aromatic heterocycles. The number of carbonyl (C=O) groups is 3. The Bertz CT molecular complexity index is 1040. The summed E-state index contributed by atoms with van der Waals surface area (Å²) in [5.74, 6) is 0.0101. The average molecular weight is 521 g/mol. The molecule has 0 bridgehead atoms. The summed E-state index contributed by atoms with van der Waals surface area (Å²) in [5, 5.41) is 0.572. The highest BCUT2D eigenvalue weighted by Gasteiger charge is 2.53. The van der Waals surface area contributed by atoms with E-state index in [0.717, 1.165) is 11.3 Å². The first-order chi connectivity index (χ1) is 16.8. The van der Waals surface area contributed by atoms with Gasteiger partial charge in [0.05, 0.1) is 24.6 Å². The number of nitrogens with zero attached hydrogens (tertiary/aromatic N) is 4. The largest absolute Gasteiger partial charge is 0.444 e. The molecule has 3 amide bonds. The summed E-state index contributed by atoms with van der Waals surface area (Å²) in [5.41, 5.74) is 1.05. The van der Waals surface area contributed by atoms with Gasteiger partial charge in [0.2, 0.25) is 11.8 Å². The smallest absolute Gasteiger partial charge is 0.410 e. The van der Waals surface area contributed by atoms with Gasteiger partial charge < -0.3 is 24.2 Å². The third-order valence-electron chi connectivity index (χ3n) is 7.30. The van der Waals surface area contributed by atoms with Crippen molar-refractivity contribution in [3.63, 3.8) is 0 Å². The topological polar surface area (TPSA) is 82.6 Å². The molecule has 36 heavy (non-hydrogen) atoms. The highest BCUT2D eigenvalue weighted by Crippen LogP contribution is 2.47. The number of carbonyl (C=O) groups excluding carboxylic acids is 3. The van der Waals surface area contributed by atoms with Crippen LogP contribution in [0.3, 0.4) is 0 Å². The average Bonchev–Trinajstić information content (AvgIpc) is 3.08. The third kappa shape index (κ3) is 5.19. The van der Waals surface area contributed by atoms with Crippen molar-refractivity contribution >= 4 is 35.2 Å². The van der Waals surface area contributed by atoms with E-state index in [1.807, 2.05) is 50.8 Å². The molecule has 3 aliphatic rings. The predicted octanol–water partition coefficient (Wildman–Crippen LogP) is 2.74. The number of likely N-dealkylation sites (tertiary alicyclic amines) is 1. The van der Waals surface area contributed by atoms with Gasteiger partial charge in [-0.1, -0.05) is 17.7 Å². The van der Waals surface area contributed by atoms with Crippen LogP contribution in [-0.4, -0.2) is 103 Å². The van der Waals surface area contributed by atoms with Crippen LogP contribution in [0.5, 0.6) is 0 Å². The number of benzene rings is 1. The molecule has 9 nitrogen and oxygen atoms in total. The van der Waals surface area contributed by atoms with Crippen molar-refractivity contribution in [2.75, 3.05) is 57.9 Å². The second kappa shape index (κ2) is 9.84. The minimum atomic E-state index is -0.583. The van der Waals surface area contributed by atoms with Gasteiger partial charge in [-0.3, -0.25) is 14.5 Å². The number of piperazine rings is 1. The number of methoxy groups -OCH3 is 1. The van der Waals surface area contributed by atoms with Gasteiger partial charge in [0.25, 0.3) is 0 Å². The van der Waals surface area contributed by atoms with E-state index in [1.54, 1.807) is 23.8 Å². The fraction of sp³-hybridized carbons (Fsp3) is 0.654. The molecule has 198 valence electrons. The van der Waals surface area contributed by atoms with Crippen LogP contribution < -0.4 is 4.90 Å². The van der Waals surface area contributed by atoms with E-state index in [1.165, 1.54) is 0 Å². The van der Waals surface area contributed by atoms with Crippen LogP contribution >= 0.6 is 11.6 Å². The fourth-order valence-electron chi connectivity index (χ4n) is 5.54. The molecule has 0 aliphatic carbocycles. The number of fused-ring (bicyclic) bond motifs is 2. The predicted molar refractivity (Wildman–Crippen MR) is 137 cm³/mol. The molecule has 4 rings (SSSR count). The van der Waals surface area contributed by atoms with Crippen molar-refractivity contribution in [2.24, 2.45) is 0 Å². The second-order valence-electron chi connectivity index (χ2n) is 11.3. The van der Waals surface area contributed by atoms with Crippen molar-refractivity contribution in [3.8, 4) is 0 Å². The first-order valence-electron chi connectivity index (χ1n) is 12.4. The molecule has 2 fully saturated rings. The van der Waals surface area contributed by atoms with E-state index in [4.69, 9.17) is 21.1 Å². The zero-order valence-electron chi connectivity index (χ0n) is 22.0. The summed E-state index contributed by atoms with van der Waals surface area (Å²) in [6, 6.07) is 5.41. The summed E-state index contributed by atoms with van der Waals surface area (Å²) >= 11 is 6.31. The highest BCUT2D eigenvalue weighted by atomic mass is 35.5. The van der Waals surface area contributed by atoms with E-state index in [9.17, 15) is 14.4 Å². The van der Waals surface area contributed by atoms with Gasteiger partial charge >= 0.3 is 6.09 Å². The Labute approximate surface area is 218 Å². The van der Waals surface area contributed by atoms with Gasteiger partial charge in [-0.25, -0.2) is 4.79 Å². The SMILES string of the molecule is COC[C@H]1CN(C(=O)OC(C)(C)C)[C@H](C)CN1CC(=O)N1CC2(CN(C(C)=O)C2)c2ccc(Cl)cc21. The minimum Gasteiger partial charge on any atom is -0.444 e. The fourth-order valence-corrected chi connectivity index (χ4v) is 5.70. The lowest BCUT2D eigenvalue weighted by molar-refractivity contribution is -0.136. The molecule has 0 saturated carbocycles. The number of halogens is 1. The van der Waals surface area contributed by atoms with Crippen molar-refractivity contribution in [3.05, 3.63) is 28.8 Å². The van der Waals surface area contributed by atoms with Gasteiger partial charge in [-0.2, -0.15) is 0 Å². The summed E-state index contributed by atoms with van der Waals surface area (Å²) in [4.78, 5) is 45.8. The molecule has 0 N–H and O–H groups in total. The summed E-state index contributed by atoms with van der Waals surface area (Å²) < 4.78 is 11.0. The molecule has 2 atom stereocenters. The van der Waals surface area contributed by atoms with Gasteiger partial charge in [0, 0.05) is 63.5 Å². The monoisotopic (exact) mass is 520 g/mol. The van der Waals surface area contributed by atoms with Crippen molar-refractivity contribution in [2.45, 2.75) is 57.7 Å². The Hall–Kier alpha value is -2.36. The zero-order chi connectivity index (χ0) is 26.4. The number of hydrogen-bond donors (Lipinski definition) is 0. The zero-order valence-corrected chi connectivity index (χ0v) is 22.8. The molecule has 10 heteroatoms. The van der Waals surface area contributed by atoms with Gasteiger partial charge in [0.1, 0.15) is 5.60 Å². The molecule has 3 aliphatic heterocycles. The quantitative estimate of drug-likeness (QED) is 0.607. The molecular formula is C26H37ClN4O5. The second-order valence-corrected chi connectivity index (χ2v) is 11.8. The number of ether oxygens (including phenoxy) is 2. The normalized spacial score (nSPS) is 23.5. The lowest BCUT2D eigenvalue weighted by Gasteiger charge is -2.48. The first-order valence-corrected chi connectivity index (χ1v) is 12.8. The molecule has 1 aromatic rings. The lowest BCUT2D eigenvalue weighted by atomic mass is 9.75. The van der Waals surface area contributed by atoms with E-state index < -0.39 is 5.60 Å². The van der Waals surface area contributed by atoms with E-state index >= 15 is 0 Å². The maximum atomic E-state index is 13.7. The van der Waals surface area contributed by atoms with Gasteiger partial charge in [0.15, 0.2) is 0 Å². The van der Waals surface area contributed by atoms with Gasteiger partial charge in [-0.05, 0) is 45.4 Å². The molecule has 0 radical (unpaired) electrons. The van der Waals surface area contributed by atoms with E-state index in [0.29, 0.717) is 44.4 Å². The number of rotatable bonds is 4. The molecule has 1 spiro atoms. The van der Waals surface area contributed by atoms with Crippen LogP contribution in [-0.2, 0) is 24.5 Å².